The molecule has 1 aromatic carbocycles. The molecule has 0 radical (unpaired) electrons. The van der Waals surface area contributed by atoms with E-state index in [0.717, 1.165) is 28.2 Å². The molecular formula is C24H26N8O. The molecule has 3 N–H and O–H groups in total. The molecule has 9 heteroatoms. The van der Waals surface area contributed by atoms with Gasteiger partial charge in [0, 0.05) is 37.5 Å². The second-order valence-electron chi connectivity index (χ2n) is 8.33. The fourth-order valence-electron chi connectivity index (χ4n) is 3.96. The lowest BCUT2D eigenvalue weighted by Gasteiger charge is -2.37. The number of pyridine rings is 1. The number of aryl methyl sites for hydroxylation is 1. The molecular weight excluding hydrogens is 416 g/mol. The Morgan fingerprint density at radius 2 is 2.00 bits per heavy atom. The number of hydrogen-bond acceptors (Lipinski definition) is 8. The maximum Gasteiger partial charge on any atom is 0.250 e. The Balaban J connectivity index is 1.76. The van der Waals surface area contributed by atoms with Crippen LogP contribution in [0.4, 0.5) is 17.5 Å². The van der Waals surface area contributed by atoms with Crippen molar-refractivity contribution in [1.82, 2.24) is 19.4 Å². The predicted octanol–water partition coefficient (Wildman–Crippen LogP) is 3.05. The molecule has 1 aliphatic heterocycles. The summed E-state index contributed by atoms with van der Waals surface area (Å²) in [6, 6.07) is 11.5. The van der Waals surface area contributed by atoms with E-state index >= 15 is 0 Å². The standard InChI is InChI=1S/C24H26N8O/c1-14(2)32-13-19-18(16-8-9-21(33)31(4)12-16)6-5-7-20(19)29-23(32)15(3)28-22-17(10-25)11-27-24(26)30-22/h5-9,11-12,14-15H,13H2,1-4H3,(H3,26,27,28,30). The second kappa shape index (κ2) is 8.74. The molecule has 0 saturated carbocycles. The maximum absolute atomic E-state index is 11.9. The first kappa shape index (κ1) is 22.0. The van der Waals surface area contributed by atoms with E-state index in [4.69, 9.17) is 10.7 Å². The third kappa shape index (κ3) is 4.28. The number of nitrogens with two attached hydrogens (primary N) is 1. The number of nitriles is 1. The van der Waals surface area contributed by atoms with Crippen LogP contribution in [0.15, 0.2) is 52.5 Å². The molecule has 1 unspecified atom stereocenters. The molecule has 33 heavy (non-hydrogen) atoms. The van der Waals surface area contributed by atoms with Crippen LogP contribution in [0.3, 0.4) is 0 Å². The molecule has 0 saturated heterocycles. The van der Waals surface area contributed by atoms with Gasteiger partial charge in [0.1, 0.15) is 23.3 Å². The largest absolute Gasteiger partial charge is 0.368 e. The number of anilines is 2. The molecule has 1 aliphatic rings. The molecule has 0 spiro atoms. The first-order valence-corrected chi connectivity index (χ1v) is 10.7. The summed E-state index contributed by atoms with van der Waals surface area (Å²) >= 11 is 0. The van der Waals surface area contributed by atoms with Crippen LogP contribution in [-0.2, 0) is 13.6 Å². The summed E-state index contributed by atoms with van der Waals surface area (Å²) in [7, 11) is 1.75. The minimum absolute atomic E-state index is 0.0466. The highest BCUT2D eigenvalue weighted by Gasteiger charge is 2.28. The quantitative estimate of drug-likeness (QED) is 0.622. The summed E-state index contributed by atoms with van der Waals surface area (Å²) in [4.78, 5) is 27.2. The second-order valence-corrected chi connectivity index (χ2v) is 8.33. The smallest absolute Gasteiger partial charge is 0.250 e. The van der Waals surface area contributed by atoms with Crippen molar-refractivity contribution in [3.05, 3.63) is 64.2 Å². The van der Waals surface area contributed by atoms with Gasteiger partial charge in [0.25, 0.3) is 0 Å². The molecule has 0 amide bonds. The van der Waals surface area contributed by atoms with E-state index in [0.29, 0.717) is 17.9 Å². The lowest BCUT2D eigenvalue weighted by molar-refractivity contribution is 0.330. The highest BCUT2D eigenvalue weighted by Crippen LogP contribution is 2.36. The lowest BCUT2D eigenvalue weighted by Crippen LogP contribution is -2.46. The van der Waals surface area contributed by atoms with E-state index in [1.807, 2.05) is 31.3 Å². The van der Waals surface area contributed by atoms with Crippen LogP contribution < -0.4 is 16.6 Å². The fourth-order valence-corrected chi connectivity index (χ4v) is 3.96. The van der Waals surface area contributed by atoms with Crippen molar-refractivity contribution in [1.29, 1.82) is 5.26 Å². The molecule has 168 valence electrons. The van der Waals surface area contributed by atoms with E-state index in [2.05, 4.69) is 46.2 Å². The molecule has 3 aromatic rings. The topological polar surface area (TPSA) is 125 Å². The summed E-state index contributed by atoms with van der Waals surface area (Å²) in [5, 5.41) is 12.7. The van der Waals surface area contributed by atoms with Gasteiger partial charge >= 0.3 is 0 Å². The number of aliphatic imine (C=N–C) groups is 1. The summed E-state index contributed by atoms with van der Waals surface area (Å²) < 4.78 is 1.58. The number of nitrogen functional groups attached to an aromatic ring is 1. The van der Waals surface area contributed by atoms with Crippen LogP contribution in [0.1, 0.15) is 31.9 Å². The third-order valence-corrected chi connectivity index (χ3v) is 5.70. The maximum atomic E-state index is 11.9. The molecule has 0 bridgehead atoms. The van der Waals surface area contributed by atoms with Crippen molar-refractivity contribution in [3.8, 4) is 17.2 Å². The highest BCUT2D eigenvalue weighted by molar-refractivity contribution is 5.94. The number of aromatic nitrogens is 3. The fraction of sp³-hybridized carbons (Fsp3) is 0.292. The van der Waals surface area contributed by atoms with Crippen molar-refractivity contribution in [2.24, 2.45) is 12.0 Å². The van der Waals surface area contributed by atoms with E-state index in [1.165, 1.54) is 6.20 Å². The van der Waals surface area contributed by atoms with Gasteiger partial charge in [0.15, 0.2) is 0 Å². The van der Waals surface area contributed by atoms with Gasteiger partial charge in [-0.2, -0.15) is 10.2 Å². The highest BCUT2D eigenvalue weighted by atomic mass is 16.1. The predicted molar refractivity (Wildman–Crippen MR) is 129 cm³/mol. The minimum Gasteiger partial charge on any atom is -0.368 e. The zero-order valence-electron chi connectivity index (χ0n) is 19.1. The molecule has 1 atom stereocenters. The van der Waals surface area contributed by atoms with Crippen molar-refractivity contribution < 1.29 is 0 Å². The number of nitrogens with one attached hydrogen (secondary N) is 1. The van der Waals surface area contributed by atoms with Gasteiger partial charge in [-0.25, -0.2) is 9.98 Å². The van der Waals surface area contributed by atoms with E-state index < -0.39 is 0 Å². The normalized spacial score (nSPS) is 13.8. The van der Waals surface area contributed by atoms with Crippen LogP contribution in [0.25, 0.3) is 11.1 Å². The van der Waals surface area contributed by atoms with Crippen LogP contribution in [0.5, 0.6) is 0 Å². The van der Waals surface area contributed by atoms with Crippen LogP contribution in [0.2, 0.25) is 0 Å². The van der Waals surface area contributed by atoms with Gasteiger partial charge in [-0.05, 0) is 44.0 Å². The average Bonchev–Trinajstić information content (AvgIpc) is 2.79. The number of hydrogen-bond donors (Lipinski definition) is 2. The number of nitrogens with zero attached hydrogens (tertiary/aromatic N) is 6. The molecule has 3 heterocycles. The molecule has 0 aliphatic carbocycles. The Morgan fingerprint density at radius 1 is 1.21 bits per heavy atom. The monoisotopic (exact) mass is 442 g/mol. The van der Waals surface area contributed by atoms with Gasteiger partial charge in [0.2, 0.25) is 11.5 Å². The number of rotatable bonds is 5. The van der Waals surface area contributed by atoms with E-state index in [9.17, 15) is 10.1 Å². The first-order chi connectivity index (χ1) is 15.8. The number of amidine groups is 1. The Bertz CT molecular complexity index is 1340. The minimum atomic E-state index is -0.233. The van der Waals surface area contributed by atoms with Crippen molar-refractivity contribution in [3.63, 3.8) is 0 Å². The summed E-state index contributed by atoms with van der Waals surface area (Å²) in [5.74, 6) is 1.33. The van der Waals surface area contributed by atoms with E-state index in [-0.39, 0.29) is 23.6 Å². The number of benzene rings is 1. The van der Waals surface area contributed by atoms with Gasteiger partial charge in [-0.15, -0.1) is 0 Å². The summed E-state index contributed by atoms with van der Waals surface area (Å²) in [6.45, 7) is 6.88. The summed E-state index contributed by atoms with van der Waals surface area (Å²) in [6.07, 6.45) is 3.26. The van der Waals surface area contributed by atoms with Crippen LogP contribution >= 0.6 is 0 Å². The zero-order chi connectivity index (χ0) is 23.7. The lowest BCUT2D eigenvalue weighted by atomic mass is 9.96. The molecule has 2 aromatic heterocycles. The Hall–Kier alpha value is -4.19. The van der Waals surface area contributed by atoms with Crippen molar-refractivity contribution in [2.45, 2.75) is 39.4 Å². The van der Waals surface area contributed by atoms with Crippen LogP contribution in [0, 0.1) is 11.3 Å². The third-order valence-electron chi connectivity index (χ3n) is 5.70. The SMILES string of the molecule is CC(Nc1nc(N)ncc1C#N)C1=Nc2cccc(-c3ccc(=O)n(C)c3)c2CN1C(C)C. The van der Waals surface area contributed by atoms with Crippen LogP contribution in [-0.4, -0.2) is 37.4 Å². The first-order valence-electron chi connectivity index (χ1n) is 10.7. The Labute approximate surface area is 192 Å². The molecule has 9 nitrogen and oxygen atoms in total. The van der Waals surface area contributed by atoms with Gasteiger partial charge < -0.3 is 20.5 Å². The van der Waals surface area contributed by atoms with Gasteiger partial charge in [-0.3, -0.25) is 4.79 Å². The summed E-state index contributed by atoms with van der Waals surface area (Å²) in [5.41, 5.74) is 10.0. The molecule has 4 rings (SSSR count). The van der Waals surface area contributed by atoms with E-state index in [1.54, 1.807) is 17.7 Å². The van der Waals surface area contributed by atoms with Gasteiger partial charge in [0.05, 0.1) is 17.9 Å². The van der Waals surface area contributed by atoms with Crippen molar-refractivity contribution in [2.75, 3.05) is 11.1 Å². The van der Waals surface area contributed by atoms with Gasteiger partial charge in [-0.1, -0.05) is 12.1 Å². The Kier molecular flexibility index (Phi) is 5.84. The average molecular weight is 443 g/mol. The number of fused-ring (bicyclic) bond motifs is 1. The molecule has 0 fully saturated rings. The Morgan fingerprint density at radius 3 is 2.70 bits per heavy atom. The van der Waals surface area contributed by atoms with Crippen molar-refractivity contribution >= 4 is 23.3 Å². The zero-order valence-corrected chi connectivity index (χ0v) is 19.1.